The number of hydrogen-bond acceptors (Lipinski definition) is 5. The lowest BCUT2D eigenvalue weighted by Gasteiger charge is -2.41. The van der Waals surface area contributed by atoms with Gasteiger partial charge < -0.3 is 24.8 Å². The molecule has 1 aromatic heterocycles. The lowest BCUT2D eigenvalue weighted by Crippen LogP contribution is -2.61. The first-order valence-electron chi connectivity index (χ1n) is 11.9. The normalized spacial score (nSPS) is 20.1. The van der Waals surface area contributed by atoms with E-state index >= 15 is 0 Å². The second kappa shape index (κ2) is 10.1. The van der Waals surface area contributed by atoms with Crippen LogP contribution in [0.25, 0.3) is 10.9 Å². The maximum Gasteiger partial charge on any atom is 0.255 e. The fourth-order valence-corrected chi connectivity index (χ4v) is 4.84. The van der Waals surface area contributed by atoms with Crippen molar-refractivity contribution >= 4 is 28.4 Å². The Kier molecular flexibility index (Phi) is 6.69. The minimum absolute atomic E-state index is 0.0787. The van der Waals surface area contributed by atoms with Crippen molar-refractivity contribution in [3.8, 4) is 0 Å². The van der Waals surface area contributed by atoms with Crippen molar-refractivity contribution in [1.29, 1.82) is 0 Å². The topological polar surface area (TPSA) is 94.7 Å². The molecule has 5 rings (SSSR count). The number of ether oxygens (including phenoxy) is 1. The number of rotatable bonds is 5. The SMILES string of the molecule is O=C(NCC1CCCO1)C1CN(c2ccc(F)c(F)c2)CCN1C(=O)c1cc(=O)[nH]c2ccccc12. The van der Waals surface area contributed by atoms with Crippen molar-refractivity contribution < 1.29 is 23.1 Å². The Labute approximate surface area is 205 Å². The van der Waals surface area contributed by atoms with Gasteiger partial charge in [-0.05, 0) is 31.0 Å². The molecule has 2 aliphatic rings. The predicted molar refractivity (Wildman–Crippen MR) is 130 cm³/mol. The molecule has 0 aliphatic carbocycles. The number of para-hydroxylation sites is 1. The number of H-pyrrole nitrogens is 1. The highest BCUT2D eigenvalue weighted by atomic mass is 19.2. The molecule has 2 N–H and O–H groups in total. The van der Waals surface area contributed by atoms with Gasteiger partial charge in [0.2, 0.25) is 11.5 Å². The number of halogens is 2. The number of benzene rings is 2. The van der Waals surface area contributed by atoms with Gasteiger partial charge in [0.25, 0.3) is 5.91 Å². The number of nitrogens with one attached hydrogen (secondary N) is 2. The van der Waals surface area contributed by atoms with Crippen LogP contribution in [-0.2, 0) is 9.53 Å². The molecule has 8 nitrogen and oxygen atoms in total. The highest BCUT2D eigenvalue weighted by molar-refractivity contribution is 6.07. The lowest BCUT2D eigenvalue weighted by molar-refractivity contribution is -0.126. The summed E-state index contributed by atoms with van der Waals surface area (Å²) in [6.07, 6.45) is 1.68. The van der Waals surface area contributed by atoms with Crippen LogP contribution in [0.3, 0.4) is 0 Å². The van der Waals surface area contributed by atoms with Crippen molar-refractivity contribution in [2.45, 2.75) is 25.0 Å². The molecular weight excluding hydrogens is 470 g/mol. The van der Waals surface area contributed by atoms with Gasteiger partial charge in [-0.1, -0.05) is 18.2 Å². The number of aromatic amines is 1. The number of piperazine rings is 1. The summed E-state index contributed by atoms with van der Waals surface area (Å²) >= 11 is 0. The van der Waals surface area contributed by atoms with Crippen LogP contribution in [0.15, 0.2) is 53.3 Å². The van der Waals surface area contributed by atoms with Crippen molar-refractivity contribution in [3.63, 3.8) is 0 Å². The molecule has 10 heteroatoms. The zero-order valence-electron chi connectivity index (χ0n) is 19.5. The van der Waals surface area contributed by atoms with Crippen LogP contribution in [0, 0.1) is 11.6 Å². The second-order valence-corrected chi connectivity index (χ2v) is 9.03. The van der Waals surface area contributed by atoms with Gasteiger partial charge in [0.15, 0.2) is 11.6 Å². The Morgan fingerprint density at radius 1 is 1.08 bits per heavy atom. The monoisotopic (exact) mass is 496 g/mol. The van der Waals surface area contributed by atoms with Gasteiger partial charge in [-0.2, -0.15) is 0 Å². The molecule has 0 bridgehead atoms. The van der Waals surface area contributed by atoms with E-state index in [1.807, 2.05) is 0 Å². The zero-order chi connectivity index (χ0) is 25.2. The average molecular weight is 497 g/mol. The van der Waals surface area contributed by atoms with E-state index < -0.39 is 29.1 Å². The molecular formula is C26H26F2N4O4. The number of aromatic nitrogens is 1. The smallest absolute Gasteiger partial charge is 0.255 e. The van der Waals surface area contributed by atoms with Gasteiger partial charge in [0.1, 0.15) is 6.04 Å². The number of hydrogen-bond donors (Lipinski definition) is 2. The summed E-state index contributed by atoms with van der Waals surface area (Å²) in [6, 6.07) is 10.9. The molecule has 2 fully saturated rings. The Bertz CT molecular complexity index is 1360. The molecule has 36 heavy (non-hydrogen) atoms. The van der Waals surface area contributed by atoms with Crippen molar-refractivity contribution in [2.24, 2.45) is 0 Å². The largest absolute Gasteiger partial charge is 0.376 e. The van der Waals surface area contributed by atoms with Gasteiger partial charge in [0.05, 0.1) is 11.7 Å². The third-order valence-corrected chi connectivity index (χ3v) is 6.72. The number of amides is 2. The molecule has 0 radical (unpaired) electrons. The summed E-state index contributed by atoms with van der Waals surface area (Å²) in [5.74, 6) is -2.76. The summed E-state index contributed by atoms with van der Waals surface area (Å²) in [6.45, 7) is 1.49. The van der Waals surface area contributed by atoms with E-state index in [0.29, 0.717) is 36.3 Å². The van der Waals surface area contributed by atoms with E-state index in [2.05, 4.69) is 10.3 Å². The van der Waals surface area contributed by atoms with Crippen molar-refractivity contribution in [3.05, 3.63) is 76.1 Å². The summed E-state index contributed by atoms with van der Waals surface area (Å²) in [4.78, 5) is 45.2. The predicted octanol–water partition coefficient (Wildman–Crippen LogP) is 2.43. The minimum atomic E-state index is -0.986. The average Bonchev–Trinajstić information content (AvgIpc) is 3.41. The van der Waals surface area contributed by atoms with Gasteiger partial charge >= 0.3 is 0 Å². The first-order chi connectivity index (χ1) is 17.4. The number of carbonyl (C=O) groups is 2. The Balaban J connectivity index is 1.44. The number of carbonyl (C=O) groups excluding carboxylic acids is 2. The molecule has 2 aromatic carbocycles. The fraction of sp³-hybridized carbons (Fsp3) is 0.346. The fourth-order valence-electron chi connectivity index (χ4n) is 4.84. The number of anilines is 1. The zero-order valence-corrected chi connectivity index (χ0v) is 19.5. The summed E-state index contributed by atoms with van der Waals surface area (Å²) in [5.41, 5.74) is 0.720. The third kappa shape index (κ3) is 4.81. The maximum atomic E-state index is 13.9. The second-order valence-electron chi connectivity index (χ2n) is 9.03. The molecule has 2 saturated heterocycles. The minimum Gasteiger partial charge on any atom is -0.376 e. The van der Waals surface area contributed by atoms with Crippen molar-refractivity contribution in [2.75, 3.05) is 37.7 Å². The van der Waals surface area contributed by atoms with Gasteiger partial charge in [-0.15, -0.1) is 0 Å². The van der Waals surface area contributed by atoms with Crippen LogP contribution in [-0.4, -0.2) is 66.6 Å². The Hall–Kier alpha value is -3.79. The van der Waals surface area contributed by atoms with Crippen LogP contribution >= 0.6 is 0 Å². The molecule has 2 amide bonds. The molecule has 188 valence electrons. The van der Waals surface area contributed by atoms with Crippen LogP contribution < -0.4 is 15.8 Å². The number of nitrogens with zero attached hydrogens (tertiary/aromatic N) is 2. The van der Waals surface area contributed by atoms with E-state index in [1.165, 1.54) is 17.0 Å². The molecule has 0 spiro atoms. The lowest BCUT2D eigenvalue weighted by atomic mass is 10.0. The molecule has 2 atom stereocenters. The quantitative estimate of drug-likeness (QED) is 0.566. The van der Waals surface area contributed by atoms with E-state index in [1.54, 1.807) is 29.2 Å². The van der Waals surface area contributed by atoms with E-state index in [9.17, 15) is 23.2 Å². The number of fused-ring (bicyclic) bond motifs is 1. The molecule has 2 unspecified atom stereocenters. The van der Waals surface area contributed by atoms with Gasteiger partial charge in [-0.25, -0.2) is 8.78 Å². The first-order valence-corrected chi connectivity index (χ1v) is 11.9. The Morgan fingerprint density at radius 3 is 2.69 bits per heavy atom. The summed E-state index contributed by atoms with van der Waals surface area (Å²) in [5, 5.41) is 3.46. The van der Waals surface area contributed by atoms with Crippen LogP contribution in [0.2, 0.25) is 0 Å². The summed E-state index contributed by atoms with van der Waals surface area (Å²) < 4.78 is 33.0. The maximum absolute atomic E-state index is 13.9. The standard InChI is InChI=1S/C26H26F2N4O4/c27-20-8-7-16(12-21(20)28)31-9-10-32(23(15-31)25(34)29-14-17-4-3-11-36-17)26(35)19-13-24(33)30-22-6-2-1-5-18(19)22/h1-2,5-8,12-13,17,23H,3-4,9-11,14-15H2,(H,29,34)(H,30,33). The van der Waals surface area contributed by atoms with Gasteiger partial charge in [0, 0.05) is 61.5 Å². The highest BCUT2D eigenvalue weighted by Gasteiger charge is 2.37. The van der Waals surface area contributed by atoms with Crippen molar-refractivity contribution in [1.82, 2.24) is 15.2 Å². The van der Waals surface area contributed by atoms with E-state index in [-0.39, 0.29) is 30.7 Å². The third-order valence-electron chi connectivity index (χ3n) is 6.72. The number of pyridine rings is 1. The van der Waals surface area contributed by atoms with Crippen LogP contribution in [0.5, 0.6) is 0 Å². The van der Waals surface area contributed by atoms with Crippen LogP contribution in [0.1, 0.15) is 23.2 Å². The Morgan fingerprint density at radius 2 is 1.92 bits per heavy atom. The summed E-state index contributed by atoms with van der Waals surface area (Å²) in [7, 11) is 0. The molecule has 0 saturated carbocycles. The molecule has 2 aliphatic heterocycles. The molecule has 3 heterocycles. The van der Waals surface area contributed by atoms with Crippen LogP contribution in [0.4, 0.5) is 14.5 Å². The highest BCUT2D eigenvalue weighted by Crippen LogP contribution is 2.25. The first kappa shape index (κ1) is 23.9. The van der Waals surface area contributed by atoms with E-state index in [0.717, 1.165) is 25.0 Å². The molecule has 3 aromatic rings. The van der Waals surface area contributed by atoms with E-state index in [4.69, 9.17) is 4.74 Å². The van der Waals surface area contributed by atoms with Gasteiger partial charge in [-0.3, -0.25) is 14.4 Å².